The molecule has 3 nitrogen and oxygen atoms in total. The van der Waals surface area contributed by atoms with Gasteiger partial charge < -0.3 is 5.32 Å². The van der Waals surface area contributed by atoms with Gasteiger partial charge in [0.25, 0.3) is 0 Å². The topological polar surface area (TPSA) is 42.0 Å². The number of carbonyl (C=O) groups excluding carboxylic acids is 1. The first-order valence-corrected chi connectivity index (χ1v) is 11.0. The summed E-state index contributed by atoms with van der Waals surface area (Å²) in [5, 5.41) is 5.43. The van der Waals surface area contributed by atoms with E-state index in [0.717, 1.165) is 23.8 Å². The fourth-order valence-corrected chi connectivity index (χ4v) is 4.48. The lowest BCUT2D eigenvalue weighted by Crippen LogP contribution is -2.25. The maximum absolute atomic E-state index is 12.7. The summed E-state index contributed by atoms with van der Waals surface area (Å²) in [5.74, 6) is 0.585. The Balaban J connectivity index is 1.36. The molecule has 1 aromatic heterocycles. The highest BCUT2D eigenvalue weighted by molar-refractivity contribution is 5.98. The molecule has 1 amide bonds. The van der Waals surface area contributed by atoms with Crippen molar-refractivity contribution in [1.29, 1.82) is 0 Å². The fraction of sp³-hybridized carbons (Fsp3) is 0.214. The van der Waals surface area contributed by atoms with Crippen LogP contribution in [-0.2, 0) is 17.8 Å². The summed E-state index contributed by atoms with van der Waals surface area (Å²) in [6.45, 7) is 2.70. The monoisotopic (exact) mass is 406 g/mol. The van der Waals surface area contributed by atoms with E-state index < -0.39 is 0 Å². The molecular formula is C28H26N2O. The number of pyridine rings is 1. The Labute approximate surface area is 183 Å². The molecule has 3 heteroatoms. The molecule has 2 atom stereocenters. The highest BCUT2D eigenvalue weighted by atomic mass is 16.2. The minimum absolute atomic E-state index is 0.0860. The molecule has 1 aliphatic carbocycles. The molecule has 0 saturated heterocycles. The maximum atomic E-state index is 12.7. The number of carbonyl (C=O) groups is 1. The Morgan fingerprint density at radius 1 is 1.00 bits per heavy atom. The Morgan fingerprint density at radius 3 is 2.71 bits per heavy atom. The van der Waals surface area contributed by atoms with Crippen molar-refractivity contribution in [2.45, 2.75) is 32.2 Å². The van der Waals surface area contributed by atoms with E-state index in [0.29, 0.717) is 12.5 Å². The predicted octanol–water partition coefficient (Wildman–Crippen LogP) is 5.88. The van der Waals surface area contributed by atoms with Crippen molar-refractivity contribution in [3.63, 3.8) is 0 Å². The van der Waals surface area contributed by atoms with Crippen LogP contribution >= 0.6 is 0 Å². The maximum Gasteiger partial charge on any atom is 0.224 e. The van der Waals surface area contributed by atoms with Crippen molar-refractivity contribution >= 4 is 16.7 Å². The molecule has 0 aliphatic heterocycles. The second-order valence-electron chi connectivity index (χ2n) is 8.32. The van der Waals surface area contributed by atoms with E-state index in [-0.39, 0.29) is 11.8 Å². The molecule has 4 aromatic rings. The summed E-state index contributed by atoms with van der Waals surface area (Å²) in [6, 6.07) is 25.4. The van der Waals surface area contributed by atoms with Gasteiger partial charge in [0, 0.05) is 30.2 Å². The zero-order valence-electron chi connectivity index (χ0n) is 17.7. The first-order valence-electron chi connectivity index (χ1n) is 11.0. The molecule has 0 radical (unpaired) electrons. The molecule has 5 rings (SSSR count). The third kappa shape index (κ3) is 3.96. The Kier molecular flexibility index (Phi) is 5.25. The summed E-state index contributed by atoms with van der Waals surface area (Å²) in [4.78, 5) is 17.1. The number of nitrogens with zero attached hydrogens (tertiary/aromatic N) is 1. The van der Waals surface area contributed by atoms with Gasteiger partial charge in [-0.05, 0) is 58.0 Å². The summed E-state index contributed by atoms with van der Waals surface area (Å²) < 4.78 is 0. The van der Waals surface area contributed by atoms with Crippen LogP contribution in [0.3, 0.4) is 0 Å². The zero-order valence-corrected chi connectivity index (χ0v) is 17.7. The molecular weight excluding hydrogens is 380 g/mol. The molecule has 154 valence electrons. The summed E-state index contributed by atoms with van der Waals surface area (Å²) in [5.41, 5.74) is 6.11. The summed E-state index contributed by atoms with van der Waals surface area (Å²) in [6.07, 6.45) is 5.70. The minimum atomic E-state index is 0.0860. The van der Waals surface area contributed by atoms with Gasteiger partial charge in [-0.25, -0.2) is 0 Å². The van der Waals surface area contributed by atoms with E-state index >= 15 is 0 Å². The quantitative estimate of drug-likeness (QED) is 0.434. The van der Waals surface area contributed by atoms with Gasteiger partial charge in [0.2, 0.25) is 5.91 Å². The lowest BCUT2D eigenvalue weighted by molar-refractivity contribution is -0.122. The van der Waals surface area contributed by atoms with Gasteiger partial charge in [0.15, 0.2) is 0 Å². The zero-order chi connectivity index (χ0) is 21.2. The number of nitrogens with one attached hydrogen (secondary N) is 1. The van der Waals surface area contributed by atoms with Crippen LogP contribution in [0.5, 0.6) is 0 Å². The predicted molar refractivity (Wildman–Crippen MR) is 126 cm³/mol. The van der Waals surface area contributed by atoms with Crippen molar-refractivity contribution < 1.29 is 4.79 Å². The average Bonchev–Trinajstić information content (AvgIpc) is 3.64. The summed E-state index contributed by atoms with van der Waals surface area (Å²) in [7, 11) is 0. The third-order valence-electron chi connectivity index (χ3n) is 6.36. The van der Waals surface area contributed by atoms with E-state index in [1.54, 1.807) is 0 Å². The lowest BCUT2D eigenvalue weighted by Gasteiger charge is -2.13. The molecule has 1 N–H and O–H groups in total. The summed E-state index contributed by atoms with van der Waals surface area (Å²) >= 11 is 0. The van der Waals surface area contributed by atoms with Crippen molar-refractivity contribution in [3.05, 3.63) is 102 Å². The van der Waals surface area contributed by atoms with Crippen LogP contribution in [0.2, 0.25) is 0 Å². The number of hydrogen-bond acceptors (Lipinski definition) is 2. The molecule has 0 spiro atoms. The normalized spacial score (nSPS) is 17.5. The Hall–Kier alpha value is -3.46. The van der Waals surface area contributed by atoms with E-state index in [1.807, 2.05) is 30.6 Å². The van der Waals surface area contributed by atoms with Gasteiger partial charge in [0.1, 0.15) is 0 Å². The van der Waals surface area contributed by atoms with E-state index in [9.17, 15) is 4.79 Å². The molecule has 2 unspecified atom stereocenters. The van der Waals surface area contributed by atoms with E-state index in [2.05, 4.69) is 71.8 Å². The number of aryl methyl sites for hydroxylation is 1. The number of benzene rings is 3. The van der Waals surface area contributed by atoms with Crippen molar-refractivity contribution in [2.75, 3.05) is 0 Å². The van der Waals surface area contributed by atoms with Crippen LogP contribution in [0.15, 0.2) is 85.2 Å². The van der Waals surface area contributed by atoms with Gasteiger partial charge in [-0.3, -0.25) is 9.78 Å². The van der Waals surface area contributed by atoms with Crippen molar-refractivity contribution in [1.82, 2.24) is 10.3 Å². The third-order valence-corrected chi connectivity index (χ3v) is 6.36. The first kappa shape index (κ1) is 19.5. The number of aromatic nitrogens is 1. The number of fused-ring (bicyclic) bond motifs is 1. The first-order chi connectivity index (χ1) is 15.2. The second kappa shape index (κ2) is 8.35. The minimum Gasteiger partial charge on any atom is -0.352 e. The fourth-order valence-electron chi connectivity index (χ4n) is 4.48. The van der Waals surface area contributed by atoms with Crippen LogP contribution in [0, 0.1) is 5.92 Å². The average molecular weight is 407 g/mol. The molecule has 1 fully saturated rings. The van der Waals surface area contributed by atoms with Gasteiger partial charge >= 0.3 is 0 Å². The van der Waals surface area contributed by atoms with Gasteiger partial charge in [-0.2, -0.15) is 0 Å². The number of hydrogen-bond donors (Lipinski definition) is 1. The largest absolute Gasteiger partial charge is 0.352 e. The molecule has 31 heavy (non-hydrogen) atoms. The number of rotatable bonds is 6. The molecule has 0 bridgehead atoms. The highest BCUT2D eigenvalue weighted by Crippen LogP contribution is 2.47. The molecule has 1 aliphatic rings. The van der Waals surface area contributed by atoms with Crippen LogP contribution in [-0.4, -0.2) is 10.9 Å². The highest BCUT2D eigenvalue weighted by Gasteiger charge is 2.43. The SMILES string of the molecule is CCc1cccc(-c2ccc(CNC(=O)C3CC3c3ccccc3)c3cnccc23)c1. The van der Waals surface area contributed by atoms with Crippen LogP contribution in [0.4, 0.5) is 0 Å². The molecule has 1 saturated carbocycles. The Bertz CT molecular complexity index is 1230. The van der Waals surface area contributed by atoms with Gasteiger partial charge in [0.05, 0.1) is 0 Å². The standard InChI is InChI=1S/C28H26N2O/c1-2-19-7-6-10-21(15-19)23-12-11-22(27-18-29-14-13-24(23)27)17-30-28(31)26-16-25(26)20-8-4-3-5-9-20/h3-15,18,25-26H,2,16-17H2,1H3,(H,30,31). The lowest BCUT2D eigenvalue weighted by atomic mass is 9.95. The second-order valence-corrected chi connectivity index (χ2v) is 8.32. The molecule has 1 heterocycles. The van der Waals surface area contributed by atoms with Crippen LogP contribution in [0.1, 0.15) is 36.0 Å². The van der Waals surface area contributed by atoms with Gasteiger partial charge in [-0.1, -0.05) is 73.7 Å². The van der Waals surface area contributed by atoms with Crippen molar-refractivity contribution in [2.24, 2.45) is 5.92 Å². The number of amides is 1. The van der Waals surface area contributed by atoms with Crippen molar-refractivity contribution in [3.8, 4) is 11.1 Å². The van der Waals surface area contributed by atoms with Crippen LogP contribution < -0.4 is 5.32 Å². The van der Waals surface area contributed by atoms with Crippen LogP contribution in [0.25, 0.3) is 21.9 Å². The smallest absolute Gasteiger partial charge is 0.224 e. The Morgan fingerprint density at radius 2 is 1.87 bits per heavy atom. The van der Waals surface area contributed by atoms with Gasteiger partial charge in [-0.15, -0.1) is 0 Å². The molecule has 3 aromatic carbocycles. The van der Waals surface area contributed by atoms with E-state index in [4.69, 9.17) is 0 Å². The van der Waals surface area contributed by atoms with E-state index in [1.165, 1.54) is 27.6 Å².